The van der Waals surface area contributed by atoms with Gasteiger partial charge in [-0.3, -0.25) is 0 Å². The van der Waals surface area contributed by atoms with E-state index < -0.39 is 0 Å². The maximum Gasteiger partial charge on any atom is 0.0502 e. The van der Waals surface area contributed by atoms with Crippen LogP contribution >= 0.6 is 0 Å². The van der Waals surface area contributed by atoms with E-state index in [0.717, 1.165) is 25.6 Å². The van der Waals surface area contributed by atoms with Crippen LogP contribution in [0.2, 0.25) is 0 Å². The van der Waals surface area contributed by atoms with Gasteiger partial charge in [-0.05, 0) is 36.4 Å². The summed E-state index contributed by atoms with van der Waals surface area (Å²) >= 11 is 0. The highest BCUT2D eigenvalue weighted by Gasteiger charge is 2.25. The number of ether oxygens (including phenoxy) is 1. The van der Waals surface area contributed by atoms with Crippen LogP contribution in [0.1, 0.15) is 29.9 Å². The molecule has 0 bridgehead atoms. The summed E-state index contributed by atoms with van der Waals surface area (Å²) in [6, 6.07) is 8.91. The third-order valence-electron chi connectivity index (χ3n) is 4.69. The standard InChI is InChI=1S/C17H26N2O/c1-20-13-14-5-4-8-19(11-14)12-16-10-18-9-15-6-2-3-7-17(15)16/h2-3,6-7,14,16,18H,4-5,8-13H2,1H3. The molecule has 2 atom stereocenters. The fraction of sp³-hybridized carbons (Fsp3) is 0.647. The van der Waals surface area contributed by atoms with Crippen LogP contribution in [-0.4, -0.2) is 44.8 Å². The van der Waals surface area contributed by atoms with Gasteiger partial charge >= 0.3 is 0 Å². The van der Waals surface area contributed by atoms with Crippen molar-refractivity contribution in [2.45, 2.75) is 25.3 Å². The molecule has 1 aromatic rings. The van der Waals surface area contributed by atoms with Crippen LogP contribution < -0.4 is 5.32 Å². The predicted molar refractivity (Wildman–Crippen MR) is 81.9 cm³/mol. The average molecular weight is 274 g/mol. The fourth-order valence-electron chi connectivity index (χ4n) is 3.75. The normalized spacial score (nSPS) is 27.2. The summed E-state index contributed by atoms with van der Waals surface area (Å²) < 4.78 is 5.34. The quantitative estimate of drug-likeness (QED) is 0.911. The molecule has 110 valence electrons. The van der Waals surface area contributed by atoms with Gasteiger partial charge in [0.05, 0.1) is 6.61 Å². The zero-order chi connectivity index (χ0) is 13.8. The third kappa shape index (κ3) is 3.22. The molecule has 2 aliphatic heterocycles. The number of rotatable bonds is 4. The summed E-state index contributed by atoms with van der Waals surface area (Å²) in [6.07, 6.45) is 2.64. The highest BCUT2D eigenvalue weighted by atomic mass is 16.5. The summed E-state index contributed by atoms with van der Waals surface area (Å²) in [5, 5.41) is 3.57. The highest BCUT2D eigenvalue weighted by molar-refractivity contribution is 5.32. The minimum absolute atomic E-state index is 0.640. The Labute approximate surface area is 122 Å². The Morgan fingerprint density at radius 2 is 2.25 bits per heavy atom. The van der Waals surface area contributed by atoms with E-state index in [1.165, 1.54) is 38.0 Å². The van der Waals surface area contributed by atoms with Crippen molar-refractivity contribution in [3.63, 3.8) is 0 Å². The molecule has 2 unspecified atom stereocenters. The number of nitrogens with one attached hydrogen (secondary N) is 1. The first-order valence-electron chi connectivity index (χ1n) is 7.86. The van der Waals surface area contributed by atoms with Gasteiger partial charge in [0.15, 0.2) is 0 Å². The lowest BCUT2D eigenvalue weighted by molar-refractivity contribution is 0.0871. The van der Waals surface area contributed by atoms with Gasteiger partial charge in [0, 0.05) is 39.2 Å². The molecule has 0 spiro atoms. The van der Waals surface area contributed by atoms with Crippen LogP contribution in [0.15, 0.2) is 24.3 Å². The molecule has 0 saturated carbocycles. The van der Waals surface area contributed by atoms with E-state index in [-0.39, 0.29) is 0 Å². The van der Waals surface area contributed by atoms with E-state index >= 15 is 0 Å². The summed E-state index contributed by atoms with van der Waals surface area (Å²) in [7, 11) is 1.82. The molecule has 2 heterocycles. The van der Waals surface area contributed by atoms with Gasteiger partial charge in [-0.1, -0.05) is 24.3 Å². The van der Waals surface area contributed by atoms with E-state index in [1.54, 1.807) is 5.56 Å². The molecule has 1 fully saturated rings. The Bertz CT molecular complexity index is 433. The monoisotopic (exact) mass is 274 g/mol. The van der Waals surface area contributed by atoms with Crippen LogP contribution in [0.5, 0.6) is 0 Å². The molecular formula is C17H26N2O. The molecule has 3 rings (SSSR count). The predicted octanol–water partition coefficient (Wildman–Crippen LogP) is 2.23. The van der Waals surface area contributed by atoms with Crippen molar-refractivity contribution in [2.24, 2.45) is 5.92 Å². The van der Waals surface area contributed by atoms with Crippen molar-refractivity contribution in [1.82, 2.24) is 10.2 Å². The zero-order valence-electron chi connectivity index (χ0n) is 12.5. The van der Waals surface area contributed by atoms with Gasteiger partial charge in [0.1, 0.15) is 0 Å². The first-order valence-corrected chi connectivity index (χ1v) is 7.86. The van der Waals surface area contributed by atoms with Gasteiger partial charge < -0.3 is 15.0 Å². The molecule has 3 heteroatoms. The zero-order valence-corrected chi connectivity index (χ0v) is 12.5. The van der Waals surface area contributed by atoms with E-state index in [9.17, 15) is 0 Å². The molecule has 0 aromatic heterocycles. The average Bonchev–Trinajstić information content (AvgIpc) is 2.48. The van der Waals surface area contributed by atoms with Crippen LogP contribution in [-0.2, 0) is 11.3 Å². The Kier molecular flexibility index (Phi) is 4.71. The number of nitrogens with zero attached hydrogens (tertiary/aromatic N) is 1. The Hall–Kier alpha value is -0.900. The van der Waals surface area contributed by atoms with Crippen molar-refractivity contribution in [1.29, 1.82) is 0 Å². The van der Waals surface area contributed by atoms with Gasteiger partial charge in [0.25, 0.3) is 0 Å². The number of piperidine rings is 1. The second kappa shape index (κ2) is 6.70. The maximum atomic E-state index is 5.34. The van der Waals surface area contributed by atoms with Gasteiger partial charge in [0.2, 0.25) is 0 Å². The lowest BCUT2D eigenvalue weighted by Gasteiger charge is -2.36. The number of likely N-dealkylation sites (tertiary alicyclic amines) is 1. The highest BCUT2D eigenvalue weighted by Crippen LogP contribution is 2.26. The molecule has 2 aliphatic rings. The van der Waals surface area contributed by atoms with Crippen molar-refractivity contribution in [3.05, 3.63) is 35.4 Å². The minimum Gasteiger partial charge on any atom is -0.384 e. The molecule has 0 amide bonds. The number of methoxy groups -OCH3 is 1. The van der Waals surface area contributed by atoms with Crippen molar-refractivity contribution in [3.8, 4) is 0 Å². The number of fused-ring (bicyclic) bond motifs is 1. The molecular weight excluding hydrogens is 248 g/mol. The van der Waals surface area contributed by atoms with Crippen LogP contribution in [0, 0.1) is 5.92 Å². The Morgan fingerprint density at radius 1 is 1.35 bits per heavy atom. The smallest absolute Gasteiger partial charge is 0.0502 e. The van der Waals surface area contributed by atoms with Gasteiger partial charge in [-0.15, -0.1) is 0 Å². The van der Waals surface area contributed by atoms with Crippen molar-refractivity contribution >= 4 is 0 Å². The Morgan fingerprint density at radius 3 is 3.15 bits per heavy atom. The van der Waals surface area contributed by atoms with Crippen molar-refractivity contribution in [2.75, 3.05) is 39.9 Å². The first-order chi connectivity index (χ1) is 9.86. The van der Waals surface area contributed by atoms with Gasteiger partial charge in [-0.2, -0.15) is 0 Å². The van der Waals surface area contributed by atoms with Crippen molar-refractivity contribution < 1.29 is 4.74 Å². The summed E-state index contributed by atoms with van der Waals surface area (Å²) in [4.78, 5) is 2.64. The van der Waals surface area contributed by atoms with E-state index in [4.69, 9.17) is 4.74 Å². The number of benzene rings is 1. The van der Waals surface area contributed by atoms with Gasteiger partial charge in [-0.25, -0.2) is 0 Å². The van der Waals surface area contributed by atoms with E-state index in [2.05, 4.69) is 34.5 Å². The third-order valence-corrected chi connectivity index (χ3v) is 4.69. The summed E-state index contributed by atoms with van der Waals surface area (Å²) in [5.74, 6) is 1.36. The SMILES string of the molecule is COCC1CCCN(CC2CNCc3ccccc32)C1. The Balaban J connectivity index is 1.63. The van der Waals surface area contributed by atoms with Crippen LogP contribution in [0.4, 0.5) is 0 Å². The summed E-state index contributed by atoms with van der Waals surface area (Å²) in [5.41, 5.74) is 3.04. The van der Waals surface area contributed by atoms with E-state index in [0.29, 0.717) is 5.92 Å². The second-order valence-electron chi connectivity index (χ2n) is 6.25. The largest absolute Gasteiger partial charge is 0.384 e. The maximum absolute atomic E-state index is 5.34. The lowest BCUT2D eigenvalue weighted by atomic mass is 9.89. The number of hydrogen-bond donors (Lipinski definition) is 1. The second-order valence-corrected chi connectivity index (χ2v) is 6.25. The topological polar surface area (TPSA) is 24.5 Å². The van der Waals surface area contributed by atoms with Crippen LogP contribution in [0.25, 0.3) is 0 Å². The summed E-state index contributed by atoms with van der Waals surface area (Å²) in [6.45, 7) is 6.69. The minimum atomic E-state index is 0.640. The number of hydrogen-bond acceptors (Lipinski definition) is 3. The molecule has 0 aliphatic carbocycles. The first kappa shape index (κ1) is 14.1. The fourth-order valence-corrected chi connectivity index (χ4v) is 3.75. The molecule has 1 aromatic carbocycles. The molecule has 1 saturated heterocycles. The molecule has 1 N–H and O–H groups in total. The molecule has 0 radical (unpaired) electrons. The van der Waals surface area contributed by atoms with Crippen LogP contribution in [0.3, 0.4) is 0 Å². The lowest BCUT2D eigenvalue weighted by Crippen LogP contribution is -2.42. The van der Waals surface area contributed by atoms with E-state index in [1.807, 2.05) is 7.11 Å². The molecule has 3 nitrogen and oxygen atoms in total. The molecule has 20 heavy (non-hydrogen) atoms.